The summed E-state index contributed by atoms with van der Waals surface area (Å²) in [6, 6.07) is 0. The van der Waals surface area contributed by atoms with Gasteiger partial charge in [-0.25, -0.2) is 0 Å². The molecule has 0 spiro atoms. The van der Waals surface area contributed by atoms with Crippen LogP contribution in [0.5, 0.6) is 0 Å². The first-order chi connectivity index (χ1) is 9.81. The van der Waals surface area contributed by atoms with Gasteiger partial charge in [-0.3, -0.25) is 0 Å². The van der Waals surface area contributed by atoms with Crippen molar-refractivity contribution in [2.75, 3.05) is 6.61 Å². The Morgan fingerprint density at radius 3 is 2.00 bits per heavy atom. The minimum atomic E-state index is -0.127. The summed E-state index contributed by atoms with van der Waals surface area (Å²) >= 11 is 0. The zero-order chi connectivity index (χ0) is 14.9. The van der Waals surface area contributed by atoms with Gasteiger partial charge in [0.15, 0.2) is 0 Å². The Bertz CT molecular complexity index is 202. The van der Waals surface area contributed by atoms with E-state index in [-0.39, 0.29) is 12.7 Å². The van der Waals surface area contributed by atoms with Crippen molar-refractivity contribution in [3.05, 3.63) is 12.2 Å². The molecule has 120 valence electrons. The zero-order valence-electron chi connectivity index (χ0n) is 13.5. The molecular weight excluding hydrogens is 248 g/mol. The fourth-order valence-electron chi connectivity index (χ4n) is 2.39. The molecule has 0 amide bonds. The first-order valence-corrected chi connectivity index (χ1v) is 8.75. The topological polar surface area (TPSA) is 40.5 Å². The summed E-state index contributed by atoms with van der Waals surface area (Å²) in [5.74, 6) is 0. The van der Waals surface area contributed by atoms with Crippen LogP contribution in [0.25, 0.3) is 0 Å². The van der Waals surface area contributed by atoms with Crippen molar-refractivity contribution < 1.29 is 10.2 Å². The molecule has 0 saturated heterocycles. The van der Waals surface area contributed by atoms with E-state index in [1.165, 1.54) is 51.4 Å². The number of unbranched alkanes of at least 4 members (excludes halogenated alkanes) is 8. The number of allylic oxidation sites excluding steroid dienone is 2. The van der Waals surface area contributed by atoms with Crippen LogP contribution in [0, 0.1) is 0 Å². The van der Waals surface area contributed by atoms with Crippen molar-refractivity contribution in [2.45, 2.75) is 96.5 Å². The molecule has 0 fully saturated rings. The van der Waals surface area contributed by atoms with Crippen LogP contribution in [0.2, 0.25) is 0 Å². The summed E-state index contributed by atoms with van der Waals surface area (Å²) < 4.78 is 0. The molecule has 0 aliphatic carbocycles. The standard InChI is InChI=1S/C18H36O2/c1-2-3-4-5-6-7-9-12-15-18(20)16-13-10-8-11-14-17-19/h8,10,18-20H,2-7,9,11-17H2,1H3/b10-8+. The molecule has 0 rings (SSSR count). The first-order valence-electron chi connectivity index (χ1n) is 8.75. The molecule has 1 unspecified atom stereocenters. The highest BCUT2D eigenvalue weighted by molar-refractivity contribution is 4.82. The van der Waals surface area contributed by atoms with Gasteiger partial charge in [-0.1, -0.05) is 70.4 Å². The van der Waals surface area contributed by atoms with Gasteiger partial charge in [0.25, 0.3) is 0 Å². The Hall–Kier alpha value is -0.340. The molecule has 0 radical (unpaired) electrons. The largest absolute Gasteiger partial charge is 0.396 e. The van der Waals surface area contributed by atoms with Crippen LogP contribution in [-0.2, 0) is 0 Å². The lowest BCUT2D eigenvalue weighted by atomic mass is 10.0. The average Bonchev–Trinajstić information content (AvgIpc) is 2.45. The lowest BCUT2D eigenvalue weighted by Gasteiger charge is -2.08. The molecule has 2 N–H and O–H groups in total. The van der Waals surface area contributed by atoms with Gasteiger partial charge in [0.2, 0.25) is 0 Å². The van der Waals surface area contributed by atoms with E-state index in [4.69, 9.17) is 5.11 Å². The van der Waals surface area contributed by atoms with Crippen molar-refractivity contribution in [3.8, 4) is 0 Å². The van der Waals surface area contributed by atoms with Crippen LogP contribution < -0.4 is 0 Å². The SMILES string of the molecule is CCCCCCCCCCC(O)CC/C=C/CCCO. The van der Waals surface area contributed by atoms with Gasteiger partial charge in [-0.15, -0.1) is 0 Å². The van der Waals surface area contributed by atoms with Gasteiger partial charge in [0.05, 0.1) is 6.10 Å². The predicted molar refractivity (Wildman–Crippen MR) is 87.9 cm³/mol. The van der Waals surface area contributed by atoms with E-state index in [1.807, 2.05) is 0 Å². The van der Waals surface area contributed by atoms with E-state index in [0.717, 1.165) is 32.1 Å². The molecule has 0 saturated carbocycles. The van der Waals surface area contributed by atoms with Gasteiger partial charge in [-0.2, -0.15) is 0 Å². The van der Waals surface area contributed by atoms with E-state index in [1.54, 1.807) is 0 Å². The van der Waals surface area contributed by atoms with E-state index in [2.05, 4.69) is 19.1 Å². The Morgan fingerprint density at radius 1 is 0.750 bits per heavy atom. The fourth-order valence-corrected chi connectivity index (χ4v) is 2.39. The highest BCUT2D eigenvalue weighted by Gasteiger charge is 2.02. The van der Waals surface area contributed by atoms with Crippen LogP contribution in [0.3, 0.4) is 0 Å². The number of hydrogen-bond acceptors (Lipinski definition) is 2. The van der Waals surface area contributed by atoms with Crippen LogP contribution in [0.1, 0.15) is 90.4 Å². The summed E-state index contributed by atoms with van der Waals surface area (Å²) in [5.41, 5.74) is 0. The maximum Gasteiger partial charge on any atom is 0.0543 e. The molecular formula is C18H36O2. The van der Waals surface area contributed by atoms with Crippen molar-refractivity contribution in [1.29, 1.82) is 0 Å². The third-order valence-electron chi connectivity index (χ3n) is 3.75. The molecule has 0 aromatic heterocycles. The van der Waals surface area contributed by atoms with Crippen LogP contribution in [-0.4, -0.2) is 22.9 Å². The number of aliphatic hydroxyl groups is 2. The number of hydrogen-bond donors (Lipinski definition) is 2. The first kappa shape index (κ1) is 19.7. The second-order valence-corrected chi connectivity index (χ2v) is 5.83. The lowest BCUT2D eigenvalue weighted by molar-refractivity contribution is 0.152. The number of aliphatic hydroxyl groups excluding tert-OH is 2. The highest BCUT2D eigenvalue weighted by atomic mass is 16.3. The molecule has 0 heterocycles. The van der Waals surface area contributed by atoms with Crippen molar-refractivity contribution in [2.24, 2.45) is 0 Å². The van der Waals surface area contributed by atoms with Crippen molar-refractivity contribution in [1.82, 2.24) is 0 Å². The van der Waals surface area contributed by atoms with E-state index < -0.39 is 0 Å². The van der Waals surface area contributed by atoms with Gasteiger partial charge < -0.3 is 10.2 Å². The third kappa shape index (κ3) is 15.7. The minimum absolute atomic E-state index is 0.127. The Morgan fingerprint density at radius 2 is 1.35 bits per heavy atom. The molecule has 0 bridgehead atoms. The molecule has 0 aliphatic heterocycles. The third-order valence-corrected chi connectivity index (χ3v) is 3.75. The van der Waals surface area contributed by atoms with E-state index >= 15 is 0 Å². The predicted octanol–water partition coefficient (Wildman–Crippen LogP) is 4.99. The summed E-state index contributed by atoms with van der Waals surface area (Å²) in [6.45, 7) is 2.52. The zero-order valence-corrected chi connectivity index (χ0v) is 13.5. The smallest absolute Gasteiger partial charge is 0.0543 e. The fraction of sp³-hybridized carbons (Fsp3) is 0.889. The van der Waals surface area contributed by atoms with Gasteiger partial charge >= 0.3 is 0 Å². The Kier molecular flexibility index (Phi) is 16.4. The van der Waals surface area contributed by atoms with Crippen LogP contribution in [0.4, 0.5) is 0 Å². The summed E-state index contributed by atoms with van der Waals surface area (Å²) in [4.78, 5) is 0. The molecule has 0 aliphatic rings. The Labute approximate surface area is 126 Å². The summed E-state index contributed by atoms with van der Waals surface area (Å²) in [5, 5.41) is 18.5. The van der Waals surface area contributed by atoms with Crippen molar-refractivity contribution >= 4 is 0 Å². The molecule has 1 atom stereocenters. The van der Waals surface area contributed by atoms with E-state index in [0.29, 0.717) is 0 Å². The molecule has 0 aromatic rings. The average molecular weight is 284 g/mol. The quantitative estimate of drug-likeness (QED) is 0.328. The second kappa shape index (κ2) is 16.7. The normalized spacial score (nSPS) is 13.2. The lowest BCUT2D eigenvalue weighted by Crippen LogP contribution is -2.05. The molecule has 20 heavy (non-hydrogen) atoms. The van der Waals surface area contributed by atoms with E-state index in [9.17, 15) is 5.11 Å². The van der Waals surface area contributed by atoms with Crippen LogP contribution in [0.15, 0.2) is 12.2 Å². The summed E-state index contributed by atoms with van der Waals surface area (Å²) in [7, 11) is 0. The second-order valence-electron chi connectivity index (χ2n) is 5.83. The monoisotopic (exact) mass is 284 g/mol. The number of rotatable bonds is 15. The Balaban J connectivity index is 3.20. The molecule has 2 heteroatoms. The maximum absolute atomic E-state index is 9.85. The van der Waals surface area contributed by atoms with Gasteiger partial charge in [-0.05, 0) is 32.1 Å². The maximum atomic E-state index is 9.85. The highest BCUT2D eigenvalue weighted by Crippen LogP contribution is 2.12. The van der Waals surface area contributed by atoms with Gasteiger partial charge in [0, 0.05) is 6.61 Å². The van der Waals surface area contributed by atoms with Gasteiger partial charge in [0.1, 0.15) is 0 Å². The van der Waals surface area contributed by atoms with Crippen LogP contribution >= 0.6 is 0 Å². The summed E-state index contributed by atoms with van der Waals surface area (Å²) in [6.07, 6.45) is 19.3. The minimum Gasteiger partial charge on any atom is -0.396 e. The van der Waals surface area contributed by atoms with Crippen molar-refractivity contribution in [3.63, 3.8) is 0 Å². The molecule has 0 aromatic carbocycles. The molecule has 2 nitrogen and oxygen atoms in total.